The number of benzene rings is 2. The van der Waals surface area contributed by atoms with Crippen LogP contribution >= 0.6 is 11.6 Å². The van der Waals surface area contributed by atoms with Gasteiger partial charge in [-0.1, -0.05) is 41.9 Å². The molecule has 0 aliphatic carbocycles. The highest BCUT2D eigenvalue weighted by atomic mass is 35.5. The third kappa shape index (κ3) is 4.06. The Morgan fingerprint density at radius 1 is 1.15 bits per heavy atom. The Bertz CT molecular complexity index is 583. The number of hydrogen-bond acceptors (Lipinski definition) is 1. The zero-order valence-corrected chi connectivity index (χ0v) is 12.5. The highest BCUT2D eigenvalue weighted by Gasteiger charge is 2.07. The van der Waals surface area contributed by atoms with Gasteiger partial charge in [0, 0.05) is 23.2 Å². The average molecular weight is 292 g/mol. The fraction of sp³-hybridized carbons (Fsp3) is 0.294. The van der Waals surface area contributed by atoms with Gasteiger partial charge in [-0.25, -0.2) is 4.39 Å². The van der Waals surface area contributed by atoms with Crippen molar-refractivity contribution < 1.29 is 4.39 Å². The maximum absolute atomic E-state index is 13.7. The minimum Gasteiger partial charge on any atom is -0.310 e. The predicted molar refractivity (Wildman–Crippen MR) is 82.6 cm³/mol. The molecular weight excluding hydrogens is 273 g/mol. The van der Waals surface area contributed by atoms with Crippen LogP contribution in [0.1, 0.15) is 23.6 Å². The highest BCUT2D eigenvalue weighted by molar-refractivity contribution is 6.30. The largest absolute Gasteiger partial charge is 0.310 e. The lowest BCUT2D eigenvalue weighted by Gasteiger charge is -2.15. The van der Waals surface area contributed by atoms with Crippen LogP contribution < -0.4 is 5.32 Å². The van der Waals surface area contributed by atoms with Crippen molar-refractivity contribution in [3.63, 3.8) is 0 Å². The first-order valence-corrected chi connectivity index (χ1v) is 7.16. The Balaban J connectivity index is 1.92. The Morgan fingerprint density at radius 2 is 1.90 bits per heavy atom. The summed E-state index contributed by atoms with van der Waals surface area (Å²) in [6, 6.07) is 13.4. The van der Waals surface area contributed by atoms with Crippen molar-refractivity contribution in [1.29, 1.82) is 0 Å². The van der Waals surface area contributed by atoms with Gasteiger partial charge >= 0.3 is 0 Å². The molecule has 20 heavy (non-hydrogen) atoms. The lowest BCUT2D eigenvalue weighted by atomic mass is 10.0. The van der Waals surface area contributed by atoms with Gasteiger partial charge in [-0.05, 0) is 43.5 Å². The van der Waals surface area contributed by atoms with Crippen LogP contribution in [-0.2, 0) is 13.0 Å². The van der Waals surface area contributed by atoms with Crippen molar-refractivity contribution in [2.75, 3.05) is 0 Å². The zero-order valence-electron chi connectivity index (χ0n) is 11.8. The topological polar surface area (TPSA) is 12.0 Å². The van der Waals surface area contributed by atoms with Crippen molar-refractivity contribution in [2.45, 2.75) is 32.9 Å². The molecule has 1 atom stereocenters. The minimum absolute atomic E-state index is 0.256. The van der Waals surface area contributed by atoms with E-state index in [1.165, 1.54) is 17.2 Å². The summed E-state index contributed by atoms with van der Waals surface area (Å²) in [5.74, 6) is -0.256. The first kappa shape index (κ1) is 15.0. The van der Waals surface area contributed by atoms with Crippen LogP contribution in [0.15, 0.2) is 42.5 Å². The average Bonchev–Trinajstić information content (AvgIpc) is 2.40. The van der Waals surface area contributed by atoms with Crippen LogP contribution in [0, 0.1) is 12.7 Å². The molecule has 106 valence electrons. The third-order valence-electron chi connectivity index (χ3n) is 3.44. The van der Waals surface area contributed by atoms with Gasteiger partial charge in [0.05, 0.1) is 0 Å². The van der Waals surface area contributed by atoms with Crippen molar-refractivity contribution in [3.8, 4) is 0 Å². The smallest absolute Gasteiger partial charge is 0.129 e. The molecular formula is C17H19ClFN. The Hall–Kier alpha value is -1.38. The molecule has 3 heteroatoms. The number of aryl methyl sites for hydroxylation is 1. The molecule has 1 unspecified atom stereocenters. The molecule has 1 N–H and O–H groups in total. The lowest BCUT2D eigenvalue weighted by molar-refractivity contribution is 0.525. The molecule has 0 aromatic heterocycles. The summed E-state index contributed by atoms with van der Waals surface area (Å²) in [7, 11) is 0. The van der Waals surface area contributed by atoms with Gasteiger partial charge in [0.2, 0.25) is 0 Å². The van der Waals surface area contributed by atoms with E-state index in [1.807, 2.05) is 12.1 Å². The van der Waals surface area contributed by atoms with Crippen LogP contribution in [0.25, 0.3) is 0 Å². The van der Waals surface area contributed by atoms with E-state index in [0.717, 1.165) is 6.42 Å². The van der Waals surface area contributed by atoms with E-state index < -0.39 is 0 Å². The molecule has 0 saturated carbocycles. The monoisotopic (exact) mass is 291 g/mol. The fourth-order valence-corrected chi connectivity index (χ4v) is 2.35. The number of rotatable bonds is 5. The molecule has 2 aromatic rings. The van der Waals surface area contributed by atoms with E-state index in [1.54, 1.807) is 12.1 Å². The molecule has 0 radical (unpaired) electrons. The third-order valence-corrected chi connectivity index (χ3v) is 3.68. The first-order chi connectivity index (χ1) is 9.56. The molecule has 0 aliphatic heterocycles. The van der Waals surface area contributed by atoms with Crippen molar-refractivity contribution in [2.24, 2.45) is 0 Å². The van der Waals surface area contributed by atoms with E-state index in [9.17, 15) is 4.39 Å². The standard InChI is InChI=1S/C17H19ClFN/c1-12-5-3-4-6-14(12)9-13(2)20-11-15-7-8-16(18)10-17(15)19/h3-8,10,13,20H,9,11H2,1-2H3. The maximum atomic E-state index is 13.7. The number of halogens is 2. The molecule has 1 nitrogen and oxygen atoms in total. The summed E-state index contributed by atoms with van der Waals surface area (Å²) in [6.45, 7) is 4.73. The second-order valence-electron chi connectivity index (χ2n) is 5.15. The molecule has 0 amide bonds. The second kappa shape index (κ2) is 6.87. The van der Waals surface area contributed by atoms with Crippen LogP contribution in [0.3, 0.4) is 0 Å². The van der Waals surface area contributed by atoms with Gasteiger partial charge in [0.15, 0.2) is 0 Å². The Kier molecular flexibility index (Phi) is 5.16. The summed E-state index contributed by atoms with van der Waals surface area (Å²) in [6.07, 6.45) is 0.932. The maximum Gasteiger partial charge on any atom is 0.129 e. The van der Waals surface area contributed by atoms with E-state index in [2.05, 4.69) is 31.3 Å². The normalized spacial score (nSPS) is 12.4. The van der Waals surface area contributed by atoms with Crippen LogP contribution in [0.2, 0.25) is 5.02 Å². The van der Waals surface area contributed by atoms with E-state index >= 15 is 0 Å². The predicted octanol–water partition coefficient (Wildman–Crippen LogP) is 4.51. The van der Waals surface area contributed by atoms with Gasteiger partial charge in [-0.2, -0.15) is 0 Å². The Morgan fingerprint density at radius 3 is 2.60 bits per heavy atom. The van der Waals surface area contributed by atoms with E-state index in [-0.39, 0.29) is 11.9 Å². The summed E-state index contributed by atoms with van der Waals surface area (Å²) in [5.41, 5.74) is 3.26. The minimum atomic E-state index is -0.256. The summed E-state index contributed by atoms with van der Waals surface area (Å²) in [5, 5.41) is 3.78. The molecule has 2 aromatic carbocycles. The van der Waals surface area contributed by atoms with Crippen LogP contribution in [0.5, 0.6) is 0 Å². The fourth-order valence-electron chi connectivity index (χ4n) is 2.19. The molecule has 0 fully saturated rings. The molecule has 0 heterocycles. The first-order valence-electron chi connectivity index (χ1n) is 6.78. The van der Waals surface area contributed by atoms with Gasteiger partial charge in [0.1, 0.15) is 5.82 Å². The molecule has 0 aliphatic rings. The quantitative estimate of drug-likeness (QED) is 0.855. The lowest BCUT2D eigenvalue weighted by Crippen LogP contribution is -2.28. The van der Waals surface area contributed by atoms with Crippen molar-refractivity contribution in [3.05, 3.63) is 70.0 Å². The molecule has 2 rings (SSSR count). The SMILES string of the molecule is Cc1ccccc1CC(C)NCc1ccc(Cl)cc1F. The van der Waals surface area contributed by atoms with Gasteiger partial charge in [-0.3, -0.25) is 0 Å². The van der Waals surface area contributed by atoms with Crippen molar-refractivity contribution in [1.82, 2.24) is 5.32 Å². The molecule has 0 bridgehead atoms. The van der Waals surface area contributed by atoms with Gasteiger partial charge in [-0.15, -0.1) is 0 Å². The van der Waals surface area contributed by atoms with Crippen molar-refractivity contribution >= 4 is 11.6 Å². The van der Waals surface area contributed by atoms with E-state index in [0.29, 0.717) is 17.1 Å². The molecule has 0 spiro atoms. The second-order valence-corrected chi connectivity index (χ2v) is 5.58. The van der Waals surface area contributed by atoms with Gasteiger partial charge in [0.25, 0.3) is 0 Å². The van der Waals surface area contributed by atoms with Crippen LogP contribution in [0.4, 0.5) is 4.39 Å². The Labute approximate surface area is 124 Å². The van der Waals surface area contributed by atoms with E-state index in [4.69, 9.17) is 11.6 Å². The summed E-state index contributed by atoms with van der Waals surface area (Å²) >= 11 is 5.74. The summed E-state index contributed by atoms with van der Waals surface area (Å²) < 4.78 is 13.7. The highest BCUT2D eigenvalue weighted by Crippen LogP contribution is 2.15. The molecule has 0 saturated heterocycles. The summed E-state index contributed by atoms with van der Waals surface area (Å²) in [4.78, 5) is 0. The zero-order chi connectivity index (χ0) is 14.5. The number of nitrogens with one attached hydrogen (secondary N) is 1. The number of hydrogen-bond donors (Lipinski definition) is 1. The van der Waals surface area contributed by atoms with Crippen LogP contribution in [-0.4, -0.2) is 6.04 Å². The van der Waals surface area contributed by atoms with Gasteiger partial charge < -0.3 is 5.32 Å².